The first-order valence-electron chi connectivity index (χ1n) is 6.40. The van der Waals surface area contributed by atoms with Crippen molar-refractivity contribution in [1.82, 2.24) is 25.3 Å². The number of thiocarbonyl (C=S) groups is 1. The highest BCUT2D eigenvalue weighted by Gasteiger charge is 2.12. The number of hydrogen-bond donors (Lipinski definition) is 1. The standard InChI is InChI=1S/C13H13N7S/c14-11(21)8-9-19(10-4-2-1-3-5-10)13-7-6-12-15-17-18-20(12)16-13/h1-7H,8-9H2,(H2,14,21). The number of fused-ring (bicyclic) bond motifs is 1. The van der Waals surface area contributed by atoms with Gasteiger partial charge in [-0.15, -0.1) is 14.8 Å². The van der Waals surface area contributed by atoms with Gasteiger partial charge in [0, 0.05) is 18.7 Å². The van der Waals surface area contributed by atoms with Crippen LogP contribution in [0.5, 0.6) is 0 Å². The van der Waals surface area contributed by atoms with Crippen molar-refractivity contribution in [3.63, 3.8) is 0 Å². The Morgan fingerprint density at radius 3 is 2.76 bits per heavy atom. The van der Waals surface area contributed by atoms with Gasteiger partial charge in [-0.25, -0.2) is 0 Å². The zero-order valence-electron chi connectivity index (χ0n) is 11.1. The Kier molecular flexibility index (Phi) is 3.69. The molecule has 7 nitrogen and oxygen atoms in total. The lowest BCUT2D eigenvalue weighted by Crippen LogP contribution is -2.24. The second-order valence-corrected chi connectivity index (χ2v) is 4.95. The van der Waals surface area contributed by atoms with E-state index in [1.54, 1.807) is 0 Å². The quantitative estimate of drug-likeness (QED) is 0.711. The second kappa shape index (κ2) is 5.80. The predicted octanol–water partition coefficient (Wildman–Crippen LogP) is 1.33. The molecule has 0 radical (unpaired) electrons. The average molecular weight is 299 g/mol. The number of nitrogens with zero attached hydrogens (tertiary/aromatic N) is 6. The summed E-state index contributed by atoms with van der Waals surface area (Å²) in [6, 6.07) is 13.6. The van der Waals surface area contributed by atoms with Crippen molar-refractivity contribution in [3.05, 3.63) is 42.5 Å². The SMILES string of the molecule is NC(=S)CCN(c1ccccc1)c1ccc2nnnn2n1. The Labute approximate surface area is 126 Å². The van der Waals surface area contributed by atoms with Crippen molar-refractivity contribution in [2.24, 2.45) is 5.73 Å². The van der Waals surface area contributed by atoms with Gasteiger partial charge in [0.2, 0.25) is 0 Å². The molecular formula is C13H13N7S. The lowest BCUT2D eigenvalue weighted by atomic mass is 10.2. The number of nitrogens with two attached hydrogens (primary N) is 1. The van der Waals surface area contributed by atoms with Crippen LogP contribution in [0.3, 0.4) is 0 Å². The fourth-order valence-corrected chi connectivity index (χ4v) is 2.08. The Morgan fingerprint density at radius 1 is 1.19 bits per heavy atom. The van der Waals surface area contributed by atoms with Gasteiger partial charge in [0.25, 0.3) is 0 Å². The molecule has 0 aliphatic rings. The Bertz CT molecular complexity index is 755. The molecule has 0 spiro atoms. The summed E-state index contributed by atoms with van der Waals surface area (Å²) in [4.78, 5) is 2.50. The van der Waals surface area contributed by atoms with E-state index in [0.29, 0.717) is 23.6 Å². The zero-order valence-corrected chi connectivity index (χ0v) is 11.9. The van der Waals surface area contributed by atoms with Gasteiger partial charge in [-0.05, 0) is 34.7 Å². The van der Waals surface area contributed by atoms with Gasteiger partial charge in [-0.2, -0.15) is 0 Å². The topological polar surface area (TPSA) is 85.2 Å². The minimum absolute atomic E-state index is 0.472. The molecule has 0 aliphatic heterocycles. The van der Waals surface area contributed by atoms with E-state index < -0.39 is 0 Å². The smallest absolute Gasteiger partial charge is 0.200 e. The van der Waals surface area contributed by atoms with Gasteiger partial charge in [0.05, 0.1) is 4.99 Å². The number of anilines is 2. The molecule has 0 aliphatic carbocycles. The largest absolute Gasteiger partial charge is 0.393 e. The van der Waals surface area contributed by atoms with E-state index in [2.05, 4.69) is 20.6 Å². The summed E-state index contributed by atoms with van der Waals surface area (Å²) in [6.45, 7) is 0.639. The highest BCUT2D eigenvalue weighted by molar-refractivity contribution is 7.80. The maximum absolute atomic E-state index is 5.62. The fraction of sp³-hybridized carbons (Fsp3) is 0.154. The van der Waals surface area contributed by atoms with Crippen LogP contribution in [0.15, 0.2) is 42.5 Å². The Hall–Kier alpha value is -2.61. The normalized spacial score (nSPS) is 10.7. The molecule has 3 rings (SSSR count). The molecule has 2 heterocycles. The van der Waals surface area contributed by atoms with Gasteiger partial charge in [-0.3, -0.25) is 0 Å². The second-order valence-electron chi connectivity index (χ2n) is 4.42. The summed E-state index contributed by atoms with van der Waals surface area (Å²) >= 11 is 4.97. The highest BCUT2D eigenvalue weighted by atomic mass is 32.1. The van der Waals surface area contributed by atoms with Crippen molar-refractivity contribution in [3.8, 4) is 0 Å². The summed E-state index contributed by atoms with van der Waals surface area (Å²) in [5.41, 5.74) is 7.22. The molecule has 106 valence electrons. The molecule has 0 saturated heterocycles. The average Bonchev–Trinajstić information content (AvgIpc) is 2.96. The highest BCUT2D eigenvalue weighted by Crippen LogP contribution is 2.23. The summed E-state index contributed by atoms with van der Waals surface area (Å²) in [6.07, 6.45) is 0.597. The van der Waals surface area contributed by atoms with Crippen molar-refractivity contribution < 1.29 is 0 Å². The Balaban J connectivity index is 1.98. The molecule has 8 heteroatoms. The molecule has 0 atom stereocenters. The van der Waals surface area contributed by atoms with Crippen LogP contribution in [0.1, 0.15) is 6.42 Å². The van der Waals surface area contributed by atoms with Crippen LogP contribution < -0.4 is 10.6 Å². The third-order valence-corrected chi connectivity index (χ3v) is 3.19. The van der Waals surface area contributed by atoms with Gasteiger partial charge < -0.3 is 10.6 Å². The van der Waals surface area contributed by atoms with Crippen LogP contribution >= 0.6 is 12.2 Å². The van der Waals surface area contributed by atoms with E-state index in [4.69, 9.17) is 18.0 Å². The van der Waals surface area contributed by atoms with Gasteiger partial charge in [0.1, 0.15) is 0 Å². The summed E-state index contributed by atoms with van der Waals surface area (Å²) < 4.78 is 1.39. The lowest BCUT2D eigenvalue weighted by molar-refractivity contribution is 0.726. The van der Waals surface area contributed by atoms with Crippen LogP contribution in [-0.4, -0.2) is 36.8 Å². The molecule has 1 aromatic carbocycles. The first-order chi connectivity index (χ1) is 10.2. The zero-order chi connectivity index (χ0) is 14.7. The summed E-state index contributed by atoms with van der Waals surface area (Å²) in [5, 5.41) is 15.7. The number of benzene rings is 1. The molecule has 0 bridgehead atoms. The third-order valence-electron chi connectivity index (χ3n) is 2.98. The first kappa shape index (κ1) is 13.4. The van der Waals surface area contributed by atoms with Gasteiger partial charge in [0.15, 0.2) is 11.5 Å². The van der Waals surface area contributed by atoms with Crippen LogP contribution in [0.4, 0.5) is 11.5 Å². The van der Waals surface area contributed by atoms with E-state index in [9.17, 15) is 0 Å². The van der Waals surface area contributed by atoms with Gasteiger partial charge >= 0.3 is 0 Å². The van der Waals surface area contributed by atoms with Crippen molar-refractivity contribution in [2.75, 3.05) is 11.4 Å². The number of hydrogen-bond acceptors (Lipinski definition) is 6. The molecule has 0 fully saturated rings. The monoisotopic (exact) mass is 299 g/mol. The molecule has 3 aromatic rings. The van der Waals surface area contributed by atoms with E-state index in [0.717, 1.165) is 11.5 Å². The molecule has 0 saturated carbocycles. The van der Waals surface area contributed by atoms with E-state index in [1.165, 1.54) is 4.63 Å². The molecule has 2 N–H and O–H groups in total. The minimum Gasteiger partial charge on any atom is -0.393 e. The summed E-state index contributed by atoms with van der Waals surface area (Å²) in [5.74, 6) is 0.734. The van der Waals surface area contributed by atoms with Crippen molar-refractivity contribution in [2.45, 2.75) is 6.42 Å². The fourth-order valence-electron chi connectivity index (χ4n) is 1.99. The number of rotatable bonds is 5. The maximum atomic E-state index is 5.62. The van der Waals surface area contributed by atoms with E-state index >= 15 is 0 Å². The number of aromatic nitrogens is 5. The lowest BCUT2D eigenvalue weighted by Gasteiger charge is -2.23. The van der Waals surface area contributed by atoms with Crippen molar-refractivity contribution >= 4 is 34.4 Å². The first-order valence-corrected chi connectivity index (χ1v) is 6.81. The minimum atomic E-state index is 0.472. The number of tetrazole rings is 1. The molecule has 2 aromatic heterocycles. The van der Waals surface area contributed by atoms with Gasteiger partial charge in [-0.1, -0.05) is 30.4 Å². The van der Waals surface area contributed by atoms with Crippen LogP contribution in [0.25, 0.3) is 5.65 Å². The Morgan fingerprint density at radius 2 is 2.00 bits per heavy atom. The molecule has 0 unspecified atom stereocenters. The summed E-state index contributed by atoms with van der Waals surface area (Å²) in [7, 11) is 0. The third kappa shape index (κ3) is 2.95. The number of para-hydroxylation sites is 1. The van der Waals surface area contributed by atoms with Crippen LogP contribution in [0.2, 0.25) is 0 Å². The molecule has 0 amide bonds. The van der Waals surface area contributed by atoms with Crippen LogP contribution in [0, 0.1) is 0 Å². The van der Waals surface area contributed by atoms with E-state index in [1.807, 2.05) is 47.4 Å². The maximum Gasteiger partial charge on any atom is 0.200 e. The molecule has 21 heavy (non-hydrogen) atoms. The van der Waals surface area contributed by atoms with E-state index in [-0.39, 0.29) is 0 Å². The molecular weight excluding hydrogens is 286 g/mol. The van der Waals surface area contributed by atoms with Crippen LogP contribution in [-0.2, 0) is 0 Å². The predicted molar refractivity (Wildman–Crippen MR) is 83.4 cm³/mol. The van der Waals surface area contributed by atoms with Crippen molar-refractivity contribution in [1.29, 1.82) is 0 Å².